The van der Waals surface area contributed by atoms with Gasteiger partial charge in [0.1, 0.15) is 5.75 Å². The molecule has 0 saturated heterocycles. The molecule has 2 aromatic carbocycles. The van der Waals surface area contributed by atoms with Crippen molar-refractivity contribution >= 4 is 18.6 Å². The van der Waals surface area contributed by atoms with Gasteiger partial charge in [-0.25, -0.2) is 0 Å². The van der Waals surface area contributed by atoms with Crippen LogP contribution in [-0.4, -0.2) is 12.6 Å². The molecule has 3 nitrogen and oxygen atoms in total. The molecular formula is C16H16O3P. The molecule has 0 bridgehead atoms. The van der Waals surface area contributed by atoms with E-state index in [1.807, 2.05) is 32.0 Å². The minimum atomic E-state index is -2.19. The lowest BCUT2D eigenvalue weighted by molar-refractivity contribution is 0.107. The molecule has 1 unspecified atom stereocenters. The summed E-state index contributed by atoms with van der Waals surface area (Å²) >= 11 is 0. The van der Waals surface area contributed by atoms with Crippen LogP contribution in [0, 0.1) is 13.8 Å². The Bertz CT molecular complexity index is 657. The van der Waals surface area contributed by atoms with Crippen LogP contribution in [0.1, 0.15) is 21.5 Å². The van der Waals surface area contributed by atoms with Crippen molar-refractivity contribution in [3.63, 3.8) is 0 Å². The highest BCUT2D eigenvalue weighted by molar-refractivity contribution is 7.71. The van der Waals surface area contributed by atoms with Crippen LogP contribution in [0.25, 0.3) is 0 Å². The number of ether oxygens (including phenoxy) is 1. The van der Waals surface area contributed by atoms with Gasteiger partial charge in [0, 0.05) is 5.56 Å². The van der Waals surface area contributed by atoms with Crippen molar-refractivity contribution in [1.29, 1.82) is 0 Å². The first-order valence-corrected chi connectivity index (χ1v) is 7.53. The average molecular weight is 287 g/mol. The second-order valence-corrected chi connectivity index (χ2v) is 6.01. The van der Waals surface area contributed by atoms with Crippen molar-refractivity contribution in [1.82, 2.24) is 0 Å². The number of benzene rings is 2. The molecular weight excluding hydrogens is 271 g/mol. The average Bonchev–Trinajstić information content (AvgIpc) is 2.46. The molecule has 0 fully saturated rings. The van der Waals surface area contributed by atoms with Gasteiger partial charge in [0.05, 0.1) is 12.4 Å². The third kappa shape index (κ3) is 2.63. The van der Waals surface area contributed by atoms with E-state index in [1.54, 1.807) is 24.3 Å². The van der Waals surface area contributed by atoms with Gasteiger partial charge in [-0.05, 0) is 37.1 Å². The highest BCUT2D eigenvalue weighted by atomic mass is 31.1. The monoisotopic (exact) mass is 287 g/mol. The second kappa shape index (κ2) is 5.98. The molecule has 2 aromatic rings. The summed E-state index contributed by atoms with van der Waals surface area (Å²) in [4.78, 5) is 12.5. The van der Waals surface area contributed by atoms with Crippen LogP contribution in [-0.2, 0) is 4.57 Å². The van der Waals surface area contributed by atoms with Gasteiger partial charge in [0.2, 0.25) is 5.52 Å². The molecule has 0 aliphatic rings. The predicted molar refractivity (Wildman–Crippen MR) is 80.5 cm³/mol. The Morgan fingerprint density at radius 1 is 1.00 bits per heavy atom. The molecule has 2 rings (SSSR count). The van der Waals surface area contributed by atoms with Gasteiger partial charge < -0.3 is 4.74 Å². The number of hydrogen-bond acceptors (Lipinski definition) is 3. The van der Waals surface area contributed by atoms with Gasteiger partial charge in [-0.1, -0.05) is 30.3 Å². The fourth-order valence-corrected chi connectivity index (χ4v) is 3.52. The van der Waals surface area contributed by atoms with Crippen molar-refractivity contribution in [2.24, 2.45) is 0 Å². The van der Waals surface area contributed by atoms with Gasteiger partial charge in [0.15, 0.2) is 7.80 Å². The summed E-state index contributed by atoms with van der Waals surface area (Å²) in [7, 11) is -0.681. The largest absolute Gasteiger partial charge is 0.496 e. The zero-order valence-corrected chi connectivity index (χ0v) is 12.6. The van der Waals surface area contributed by atoms with Crippen LogP contribution >= 0.6 is 7.80 Å². The predicted octanol–water partition coefficient (Wildman–Crippen LogP) is 3.61. The third-order valence-electron chi connectivity index (χ3n) is 3.18. The van der Waals surface area contributed by atoms with Crippen molar-refractivity contribution < 1.29 is 14.1 Å². The van der Waals surface area contributed by atoms with E-state index in [-0.39, 0.29) is 5.52 Å². The number of para-hydroxylation sites is 1. The van der Waals surface area contributed by atoms with Gasteiger partial charge in [-0.15, -0.1) is 0 Å². The minimum Gasteiger partial charge on any atom is -0.496 e. The van der Waals surface area contributed by atoms with Crippen LogP contribution in [0.5, 0.6) is 5.75 Å². The van der Waals surface area contributed by atoms with Crippen LogP contribution in [0.2, 0.25) is 0 Å². The van der Waals surface area contributed by atoms with E-state index in [2.05, 4.69) is 0 Å². The molecule has 0 spiro atoms. The SMILES string of the molecule is COc1ccccc1[P](=O)C(=O)c1c(C)cccc1C. The number of carbonyl (C=O) groups excluding carboxylic acids is 1. The number of methoxy groups -OCH3 is 1. The lowest BCUT2D eigenvalue weighted by atomic mass is 10.0. The standard InChI is InChI=1S/C16H16O3P/c1-11-7-6-8-12(2)15(11)16(17)20(18)14-10-5-4-9-13(14)19-3/h4-10H,1-3H3. The molecule has 0 saturated carbocycles. The maximum absolute atomic E-state index is 12.5. The van der Waals surface area contributed by atoms with Gasteiger partial charge in [-0.3, -0.25) is 9.36 Å². The quantitative estimate of drug-likeness (QED) is 0.807. The van der Waals surface area contributed by atoms with E-state index < -0.39 is 7.80 Å². The molecule has 0 aromatic heterocycles. The van der Waals surface area contributed by atoms with Crippen LogP contribution in [0.15, 0.2) is 42.5 Å². The Morgan fingerprint density at radius 3 is 2.20 bits per heavy atom. The Morgan fingerprint density at radius 2 is 1.60 bits per heavy atom. The molecule has 0 aliphatic carbocycles. The molecule has 1 atom stereocenters. The Labute approximate surface area is 119 Å². The Balaban J connectivity index is 2.46. The van der Waals surface area contributed by atoms with E-state index in [0.717, 1.165) is 11.1 Å². The van der Waals surface area contributed by atoms with Crippen molar-refractivity contribution in [2.75, 3.05) is 7.11 Å². The number of hydrogen-bond donors (Lipinski definition) is 0. The summed E-state index contributed by atoms with van der Waals surface area (Å²) in [5.41, 5.74) is 1.88. The first-order valence-electron chi connectivity index (χ1n) is 6.27. The Kier molecular flexibility index (Phi) is 4.31. The smallest absolute Gasteiger partial charge is 0.247 e. The molecule has 0 heterocycles. The van der Waals surface area contributed by atoms with Crippen molar-refractivity contribution in [2.45, 2.75) is 13.8 Å². The first kappa shape index (κ1) is 14.4. The Hall–Kier alpha value is -1.99. The molecule has 20 heavy (non-hydrogen) atoms. The van der Waals surface area contributed by atoms with Crippen LogP contribution in [0.3, 0.4) is 0 Å². The van der Waals surface area contributed by atoms with Crippen molar-refractivity contribution in [3.8, 4) is 5.75 Å². The van der Waals surface area contributed by atoms with E-state index in [9.17, 15) is 9.36 Å². The van der Waals surface area contributed by atoms with Gasteiger partial charge in [0.25, 0.3) is 0 Å². The second-order valence-electron chi connectivity index (χ2n) is 4.54. The number of carbonyl (C=O) groups is 1. The fraction of sp³-hybridized carbons (Fsp3) is 0.188. The maximum Gasteiger partial charge on any atom is 0.247 e. The topological polar surface area (TPSA) is 43.4 Å². The molecule has 0 amide bonds. The van der Waals surface area contributed by atoms with E-state index in [1.165, 1.54) is 7.11 Å². The highest BCUT2D eigenvalue weighted by Gasteiger charge is 2.23. The molecule has 0 aliphatic heterocycles. The zero-order chi connectivity index (χ0) is 14.7. The summed E-state index contributed by atoms with van der Waals surface area (Å²) in [6.07, 6.45) is 0. The first-order chi connectivity index (χ1) is 9.56. The molecule has 103 valence electrons. The number of rotatable bonds is 4. The lowest BCUT2D eigenvalue weighted by Gasteiger charge is -2.10. The maximum atomic E-state index is 12.5. The van der Waals surface area contributed by atoms with Crippen LogP contribution in [0.4, 0.5) is 0 Å². The van der Waals surface area contributed by atoms with Gasteiger partial charge in [-0.2, -0.15) is 0 Å². The summed E-state index contributed by atoms with van der Waals surface area (Å²) in [5.74, 6) is 0.480. The van der Waals surface area contributed by atoms with E-state index >= 15 is 0 Å². The highest BCUT2D eigenvalue weighted by Crippen LogP contribution is 2.32. The van der Waals surface area contributed by atoms with Crippen LogP contribution < -0.4 is 10.0 Å². The molecule has 4 heteroatoms. The fourth-order valence-electron chi connectivity index (χ4n) is 2.16. The molecule has 0 N–H and O–H groups in total. The third-order valence-corrected chi connectivity index (χ3v) is 4.58. The minimum absolute atomic E-state index is 0.347. The normalized spacial score (nSPS) is 11.1. The lowest BCUT2D eigenvalue weighted by Crippen LogP contribution is -2.09. The van der Waals surface area contributed by atoms with Gasteiger partial charge >= 0.3 is 0 Å². The van der Waals surface area contributed by atoms with E-state index in [4.69, 9.17) is 4.74 Å². The summed E-state index contributed by atoms with van der Waals surface area (Å²) < 4.78 is 17.7. The molecule has 1 radical (unpaired) electrons. The zero-order valence-electron chi connectivity index (χ0n) is 11.7. The summed E-state index contributed by atoms with van der Waals surface area (Å²) in [5, 5.41) is 0.442. The van der Waals surface area contributed by atoms with E-state index in [0.29, 0.717) is 16.6 Å². The summed E-state index contributed by atoms with van der Waals surface area (Å²) in [6, 6.07) is 12.5. The van der Waals surface area contributed by atoms with Crippen molar-refractivity contribution in [3.05, 3.63) is 59.2 Å². The number of aryl methyl sites for hydroxylation is 2. The summed E-state index contributed by atoms with van der Waals surface area (Å²) in [6.45, 7) is 3.71.